The third-order valence-electron chi connectivity index (χ3n) is 4.83. The molecule has 2 fully saturated rings. The number of carbonyl (C=O) groups excluding carboxylic acids is 1. The molecule has 3 rings (SSSR count). The van der Waals surface area contributed by atoms with Gasteiger partial charge in [-0.1, -0.05) is 6.42 Å². The lowest BCUT2D eigenvalue weighted by Gasteiger charge is -2.33. The zero-order chi connectivity index (χ0) is 17.1. The number of carbonyl (C=O) groups is 1. The number of anilines is 1. The average Bonchev–Trinajstić information content (AvgIpc) is 3.04. The van der Waals surface area contributed by atoms with Crippen molar-refractivity contribution in [3.05, 3.63) is 29.6 Å². The third-order valence-corrected chi connectivity index (χ3v) is 4.83. The minimum absolute atomic E-state index is 0.0801. The Morgan fingerprint density at radius 2 is 1.79 bits per heavy atom. The number of halogens is 3. The Kier molecular flexibility index (Phi) is 5.28. The summed E-state index contributed by atoms with van der Waals surface area (Å²) in [7, 11) is 0. The molecule has 2 aliphatic heterocycles. The zero-order valence-corrected chi connectivity index (χ0v) is 13.5. The first kappa shape index (κ1) is 17.1. The van der Waals surface area contributed by atoms with Gasteiger partial charge < -0.3 is 15.1 Å². The Balaban J connectivity index is 1.64. The molecule has 0 bridgehead atoms. The van der Waals surface area contributed by atoms with E-state index in [9.17, 15) is 18.0 Å². The molecule has 0 aliphatic carbocycles. The molecular weight excluding hydrogens is 319 g/mol. The Labute approximate surface area is 139 Å². The predicted molar refractivity (Wildman–Crippen MR) is 85.4 cm³/mol. The molecule has 2 heterocycles. The first-order chi connectivity index (χ1) is 11.6. The van der Waals surface area contributed by atoms with Gasteiger partial charge in [0, 0.05) is 19.1 Å². The summed E-state index contributed by atoms with van der Waals surface area (Å²) < 4.78 is 40.0. The number of nitrogens with zero attached hydrogens (tertiary/aromatic N) is 2. The van der Waals surface area contributed by atoms with Crippen LogP contribution in [0.25, 0.3) is 0 Å². The van der Waals surface area contributed by atoms with Crippen LogP contribution in [0.15, 0.2) is 12.1 Å². The molecule has 7 heteroatoms. The summed E-state index contributed by atoms with van der Waals surface area (Å²) in [6.45, 7) is 3.50. The third kappa shape index (κ3) is 3.66. The van der Waals surface area contributed by atoms with Crippen molar-refractivity contribution in [3.63, 3.8) is 0 Å². The molecule has 2 aliphatic rings. The van der Waals surface area contributed by atoms with Crippen molar-refractivity contribution in [2.24, 2.45) is 0 Å². The van der Waals surface area contributed by atoms with Gasteiger partial charge >= 0.3 is 6.03 Å². The quantitative estimate of drug-likeness (QED) is 0.853. The molecule has 1 atom stereocenters. The van der Waals surface area contributed by atoms with E-state index in [1.165, 1.54) is 19.3 Å². The van der Waals surface area contributed by atoms with Crippen LogP contribution in [0.1, 0.15) is 32.1 Å². The second-order valence-corrected chi connectivity index (χ2v) is 6.50. The lowest BCUT2D eigenvalue weighted by Crippen LogP contribution is -2.46. The van der Waals surface area contributed by atoms with E-state index >= 15 is 0 Å². The summed E-state index contributed by atoms with van der Waals surface area (Å²) in [5.74, 6) is -4.20. The van der Waals surface area contributed by atoms with Crippen LogP contribution in [0.3, 0.4) is 0 Å². The number of amides is 2. The maximum absolute atomic E-state index is 13.7. The van der Waals surface area contributed by atoms with E-state index in [1.807, 2.05) is 0 Å². The summed E-state index contributed by atoms with van der Waals surface area (Å²) in [5, 5.41) is 2.37. The Hall–Kier alpha value is -1.76. The predicted octanol–water partition coefficient (Wildman–Crippen LogP) is 3.59. The summed E-state index contributed by atoms with van der Waals surface area (Å²) in [6, 6.07) is 1.47. The van der Waals surface area contributed by atoms with Crippen molar-refractivity contribution in [2.45, 2.75) is 38.1 Å². The monoisotopic (exact) mass is 341 g/mol. The molecule has 24 heavy (non-hydrogen) atoms. The van der Waals surface area contributed by atoms with Crippen molar-refractivity contribution in [1.29, 1.82) is 0 Å². The number of hydrogen-bond acceptors (Lipinski definition) is 2. The van der Waals surface area contributed by atoms with E-state index in [2.05, 4.69) is 10.2 Å². The van der Waals surface area contributed by atoms with Crippen LogP contribution < -0.4 is 5.32 Å². The van der Waals surface area contributed by atoms with E-state index in [1.54, 1.807) is 4.90 Å². The molecule has 0 saturated carbocycles. The van der Waals surface area contributed by atoms with Crippen molar-refractivity contribution < 1.29 is 18.0 Å². The van der Waals surface area contributed by atoms with Gasteiger partial charge in [0.25, 0.3) is 0 Å². The van der Waals surface area contributed by atoms with Crippen molar-refractivity contribution in [3.8, 4) is 0 Å². The molecule has 1 aromatic rings. The van der Waals surface area contributed by atoms with Crippen LogP contribution in [0.5, 0.6) is 0 Å². The SMILES string of the molecule is O=C(Nc1ccc(F)c(F)c1F)N1CCC[C@H]1CN1CCCCC1. The van der Waals surface area contributed by atoms with Crippen molar-refractivity contribution in [1.82, 2.24) is 9.80 Å². The van der Waals surface area contributed by atoms with Gasteiger partial charge in [0.1, 0.15) is 0 Å². The molecule has 2 amide bonds. The Bertz CT molecular complexity index is 605. The van der Waals surface area contributed by atoms with Crippen LogP contribution in [0, 0.1) is 17.5 Å². The Morgan fingerprint density at radius 1 is 1.04 bits per heavy atom. The minimum Gasteiger partial charge on any atom is -0.320 e. The zero-order valence-electron chi connectivity index (χ0n) is 13.5. The van der Waals surface area contributed by atoms with Gasteiger partial charge in [-0.05, 0) is 50.9 Å². The van der Waals surface area contributed by atoms with Gasteiger partial charge in [0.05, 0.1) is 5.69 Å². The standard InChI is InChI=1S/C17H22F3N3O/c18-13-6-7-14(16(20)15(13)19)21-17(24)23-10-4-5-12(23)11-22-8-2-1-3-9-22/h6-7,12H,1-5,8-11H2,(H,21,24)/t12-/m0/s1. The molecule has 0 radical (unpaired) electrons. The fourth-order valence-electron chi connectivity index (χ4n) is 3.54. The van der Waals surface area contributed by atoms with Crippen molar-refractivity contribution >= 4 is 11.7 Å². The number of piperidine rings is 1. The maximum Gasteiger partial charge on any atom is 0.322 e. The smallest absolute Gasteiger partial charge is 0.320 e. The maximum atomic E-state index is 13.7. The second-order valence-electron chi connectivity index (χ2n) is 6.50. The molecule has 4 nitrogen and oxygen atoms in total. The van der Waals surface area contributed by atoms with Crippen LogP contribution in [-0.2, 0) is 0 Å². The molecule has 0 spiro atoms. The molecule has 1 aromatic carbocycles. The van der Waals surface area contributed by atoms with Crippen molar-refractivity contribution in [2.75, 3.05) is 31.5 Å². The van der Waals surface area contributed by atoms with Gasteiger partial charge in [0.15, 0.2) is 17.5 Å². The molecule has 0 unspecified atom stereocenters. The van der Waals surface area contributed by atoms with Gasteiger partial charge in [-0.15, -0.1) is 0 Å². The first-order valence-corrected chi connectivity index (χ1v) is 8.49. The van der Waals surface area contributed by atoms with Crippen LogP contribution >= 0.6 is 0 Å². The lowest BCUT2D eigenvalue weighted by atomic mass is 10.1. The molecular formula is C17H22F3N3O. The summed E-state index contributed by atoms with van der Waals surface area (Å²) in [6.07, 6.45) is 5.41. The highest BCUT2D eigenvalue weighted by molar-refractivity contribution is 5.89. The highest BCUT2D eigenvalue weighted by Gasteiger charge is 2.31. The molecule has 132 valence electrons. The number of hydrogen-bond donors (Lipinski definition) is 1. The van der Waals surface area contributed by atoms with Crippen LogP contribution in [0.2, 0.25) is 0 Å². The van der Waals surface area contributed by atoms with Crippen LogP contribution in [-0.4, -0.2) is 48.1 Å². The summed E-state index contributed by atoms with van der Waals surface area (Å²) in [5.41, 5.74) is -0.331. The van der Waals surface area contributed by atoms with Gasteiger partial charge in [-0.2, -0.15) is 0 Å². The Morgan fingerprint density at radius 3 is 2.54 bits per heavy atom. The highest BCUT2D eigenvalue weighted by Crippen LogP contribution is 2.24. The molecule has 1 N–H and O–H groups in total. The molecule has 2 saturated heterocycles. The number of benzene rings is 1. The van der Waals surface area contributed by atoms with Gasteiger partial charge in [-0.3, -0.25) is 0 Å². The van der Waals surface area contributed by atoms with E-state index in [-0.39, 0.29) is 11.7 Å². The minimum atomic E-state index is -1.57. The number of likely N-dealkylation sites (tertiary alicyclic amines) is 2. The summed E-state index contributed by atoms with van der Waals surface area (Å²) >= 11 is 0. The highest BCUT2D eigenvalue weighted by atomic mass is 19.2. The van der Waals surface area contributed by atoms with Gasteiger partial charge in [0.2, 0.25) is 0 Å². The van der Waals surface area contributed by atoms with E-state index in [0.717, 1.165) is 44.6 Å². The fourth-order valence-corrected chi connectivity index (χ4v) is 3.54. The van der Waals surface area contributed by atoms with E-state index in [0.29, 0.717) is 6.54 Å². The molecule has 0 aromatic heterocycles. The topological polar surface area (TPSA) is 35.6 Å². The summed E-state index contributed by atoms with van der Waals surface area (Å²) in [4.78, 5) is 16.5. The largest absolute Gasteiger partial charge is 0.322 e. The average molecular weight is 341 g/mol. The van der Waals surface area contributed by atoms with Gasteiger partial charge in [-0.25, -0.2) is 18.0 Å². The normalized spacial score (nSPS) is 22.0. The number of urea groups is 1. The second kappa shape index (κ2) is 7.42. The van der Waals surface area contributed by atoms with E-state index < -0.39 is 23.5 Å². The lowest BCUT2D eigenvalue weighted by molar-refractivity contribution is 0.161. The number of nitrogens with one attached hydrogen (secondary N) is 1. The number of rotatable bonds is 3. The van der Waals surface area contributed by atoms with Crippen LogP contribution in [0.4, 0.5) is 23.7 Å². The van der Waals surface area contributed by atoms with E-state index in [4.69, 9.17) is 0 Å². The first-order valence-electron chi connectivity index (χ1n) is 8.49. The fraction of sp³-hybridized carbons (Fsp3) is 0.588.